The highest BCUT2D eigenvalue weighted by Crippen LogP contribution is 2.59. The van der Waals surface area contributed by atoms with E-state index in [9.17, 15) is 4.79 Å². The number of cyclic esters (lactones) is 1. The molecule has 0 aromatic heterocycles. The van der Waals surface area contributed by atoms with Crippen LogP contribution in [0.15, 0.2) is 18.2 Å². The van der Waals surface area contributed by atoms with Gasteiger partial charge in [0.15, 0.2) is 19.8 Å². The average molecular weight is 569 g/mol. The molecule has 2 heterocycles. The van der Waals surface area contributed by atoms with Crippen LogP contribution in [0, 0.1) is 5.92 Å². The highest BCUT2D eigenvalue weighted by molar-refractivity contribution is 8.18. The van der Waals surface area contributed by atoms with Gasteiger partial charge < -0.3 is 18.6 Å². The largest absolute Gasteiger partial charge is 0.490 e. The van der Waals surface area contributed by atoms with Crippen molar-refractivity contribution in [1.29, 1.82) is 0 Å². The molecule has 1 aromatic carbocycles. The molecule has 3 rings (SSSR count). The van der Waals surface area contributed by atoms with Crippen LogP contribution in [0.25, 0.3) is 0 Å². The van der Waals surface area contributed by atoms with Gasteiger partial charge >= 0.3 is 5.97 Å². The van der Waals surface area contributed by atoms with E-state index in [-0.39, 0.29) is 27.1 Å². The minimum absolute atomic E-state index is 0.0374. The molecule has 37 heavy (non-hydrogen) atoms. The molecule has 2 saturated heterocycles. The summed E-state index contributed by atoms with van der Waals surface area (Å²) in [5.41, 5.74) is 1.19. The van der Waals surface area contributed by atoms with E-state index in [0.717, 1.165) is 48.7 Å². The van der Waals surface area contributed by atoms with Crippen LogP contribution in [0.3, 0.4) is 0 Å². The lowest BCUT2D eigenvalue weighted by molar-refractivity contribution is -0.142. The van der Waals surface area contributed by atoms with Crippen molar-refractivity contribution in [2.75, 3.05) is 31.3 Å². The lowest BCUT2D eigenvalue weighted by Crippen LogP contribution is -2.45. The van der Waals surface area contributed by atoms with Crippen molar-refractivity contribution >= 4 is 37.8 Å². The first-order valence-electron chi connectivity index (χ1n) is 14.1. The van der Waals surface area contributed by atoms with Crippen molar-refractivity contribution in [3.05, 3.63) is 23.8 Å². The topological polar surface area (TPSA) is 54.0 Å². The molecule has 0 aliphatic carbocycles. The average Bonchev–Trinajstić information content (AvgIpc) is 3.24. The van der Waals surface area contributed by atoms with Crippen molar-refractivity contribution in [3.63, 3.8) is 0 Å². The number of unbranched alkanes of at least 4 members (excludes halogenated alkanes) is 2. The smallest absolute Gasteiger partial charge is 0.306 e. The van der Waals surface area contributed by atoms with Crippen LogP contribution in [0.1, 0.15) is 78.7 Å². The van der Waals surface area contributed by atoms with Crippen molar-refractivity contribution in [1.82, 2.24) is 0 Å². The normalized spacial score (nSPS) is 22.1. The standard InChI is InChI=1S/C29H48O5S2Si/c1-8-10-15-31-24-14-13-22(19-25(24)32-16-11-9-2)29(35-17-12-18-36-29)23-20-27(30)34-26(23)21-33-37(6,7)28(3,4)5/h13-14,19,23,26H,8-12,15-18,20-21H2,1-7H3/t23-,26+/m0/s1. The Hall–Kier alpha value is -0.833. The Labute approximate surface area is 234 Å². The molecule has 0 spiro atoms. The summed E-state index contributed by atoms with van der Waals surface area (Å²) in [7, 11) is -1.97. The molecule has 8 heteroatoms. The molecule has 0 bridgehead atoms. The molecule has 0 unspecified atom stereocenters. The van der Waals surface area contributed by atoms with E-state index in [4.69, 9.17) is 18.6 Å². The Balaban J connectivity index is 1.93. The number of esters is 1. The summed E-state index contributed by atoms with van der Waals surface area (Å²) in [6.07, 6.45) is 5.54. The zero-order valence-corrected chi connectivity index (χ0v) is 26.7. The van der Waals surface area contributed by atoms with Crippen LogP contribution in [-0.2, 0) is 18.0 Å². The summed E-state index contributed by atoms with van der Waals surface area (Å²) in [4.78, 5) is 12.7. The third-order valence-electron chi connectivity index (χ3n) is 7.80. The van der Waals surface area contributed by atoms with Crippen LogP contribution in [-0.4, -0.2) is 51.7 Å². The Bertz CT molecular complexity index is 880. The summed E-state index contributed by atoms with van der Waals surface area (Å²) in [6.45, 7) is 17.4. The monoisotopic (exact) mass is 568 g/mol. The lowest BCUT2D eigenvalue weighted by atomic mass is 9.91. The first-order valence-corrected chi connectivity index (χ1v) is 18.9. The van der Waals surface area contributed by atoms with Gasteiger partial charge in [0.1, 0.15) is 6.10 Å². The molecule has 0 amide bonds. The number of carbonyl (C=O) groups excluding carboxylic acids is 1. The third-order valence-corrected chi connectivity index (χ3v) is 15.9. The second-order valence-corrected chi connectivity index (χ2v) is 19.4. The maximum Gasteiger partial charge on any atom is 0.306 e. The minimum Gasteiger partial charge on any atom is -0.490 e. The minimum atomic E-state index is -1.97. The van der Waals surface area contributed by atoms with Crippen LogP contribution in [0.5, 0.6) is 11.5 Å². The van der Waals surface area contributed by atoms with Gasteiger partial charge in [-0.05, 0) is 66.6 Å². The van der Waals surface area contributed by atoms with Gasteiger partial charge in [-0.1, -0.05) is 53.5 Å². The predicted octanol–water partition coefficient (Wildman–Crippen LogP) is 8.02. The zero-order chi connectivity index (χ0) is 27.1. The Kier molecular flexibility index (Phi) is 11.2. The fourth-order valence-corrected chi connectivity index (χ4v) is 9.10. The van der Waals surface area contributed by atoms with Gasteiger partial charge in [0, 0.05) is 5.92 Å². The van der Waals surface area contributed by atoms with Crippen molar-refractivity contribution in [2.45, 2.75) is 101 Å². The Morgan fingerprint density at radius 2 is 1.65 bits per heavy atom. The van der Waals surface area contributed by atoms with Gasteiger partial charge in [0.25, 0.3) is 0 Å². The van der Waals surface area contributed by atoms with Crippen molar-refractivity contribution < 1.29 is 23.4 Å². The van der Waals surface area contributed by atoms with Crippen molar-refractivity contribution in [3.8, 4) is 11.5 Å². The van der Waals surface area contributed by atoms with Crippen molar-refractivity contribution in [2.24, 2.45) is 5.92 Å². The number of hydrogen-bond donors (Lipinski definition) is 0. The molecule has 0 radical (unpaired) electrons. The highest BCUT2D eigenvalue weighted by atomic mass is 32.2. The molecular formula is C29H48O5S2Si. The second-order valence-electron chi connectivity index (χ2n) is 11.7. The number of thioether (sulfide) groups is 2. The van der Waals surface area contributed by atoms with Gasteiger partial charge in [-0.2, -0.15) is 0 Å². The highest BCUT2D eigenvalue weighted by Gasteiger charge is 2.53. The molecule has 0 N–H and O–H groups in total. The summed E-state index contributed by atoms with van der Waals surface area (Å²) >= 11 is 3.92. The quantitative estimate of drug-likeness (QED) is 0.136. The van der Waals surface area contributed by atoms with E-state index in [1.54, 1.807) is 0 Å². The maximum atomic E-state index is 12.7. The SMILES string of the molecule is CCCCOc1ccc(C2([C@H]3CC(=O)O[C@@H]3CO[Si](C)(C)C(C)(C)C)SCCCS2)cc1OCCCC. The molecule has 1 aromatic rings. The van der Waals surface area contributed by atoms with E-state index < -0.39 is 8.32 Å². The van der Waals surface area contributed by atoms with Gasteiger partial charge in [0.05, 0.1) is 30.3 Å². The number of carbonyl (C=O) groups is 1. The first kappa shape index (κ1) is 30.7. The van der Waals surface area contributed by atoms with Crippen LogP contribution < -0.4 is 9.47 Å². The summed E-state index contributed by atoms with van der Waals surface area (Å²) in [6, 6.07) is 6.44. The second kappa shape index (κ2) is 13.5. The molecule has 2 atom stereocenters. The molecular weight excluding hydrogens is 521 g/mol. The predicted molar refractivity (Wildman–Crippen MR) is 160 cm³/mol. The maximum absolute atomic E-state index is 12.7. The number of ether oxygens (including phenoxy) is 3. The molecule has 0 saturated carbocycles. The zero-order valence-electron chi connectivity index (χ0n) is 24.0. The first-order chi connectivity index (χ1) is 17.5. The molecule has 210 valence electrons. The van der Waals surface area contributed by atoms with E-state index >= 15 is 0 Å². The van der Waals surface area contributed by atoms with E-state index in [1.165, 1.54) is 12.0 Å². The molecule has 2 aliphatic heterocycles. The van der Waals surface area contributed by atoms with Gasteiger partial charge in [-0.3, -0.25) is 4.79 Å². The Morgan fingerprint density at radius 1 is 1.03 bits per heavy atom. The number of rotatable bonds is 13. The fourth-order valence-electron chi connectivity index (χ4n) is 4.40. The summed E-state index contributed by atoms with van der Waals surface area (Å²) in [5.74, 6) is 3.68. The van der Waals surface area contributed by atoms with Crippen LogP contribution >= 0.6 is 23.5 Å². The number of hydrogen-bond acceptors (Lipinski definition) is 7. The molecule has 2 fully saturated rings. The van der Waals surface area contributed by atoms with Gasteiger partial charge in [-0.25, -0.2) is 0 Å². The summed E-state index contributed by atoms with van der Waals surface area (Å²) in [5, 5.41) is 0.107. The molecule has 5 nitrogen and oxygen atoms in total. The Morgan fingerprint density at radius 3 is 2.24 bits per heavy atom. The van der Waals surface area contributed by atoms with Crippen LogP contribution in [0.4, 0.5) is 0 Å². The van der Waals surface area contributed by atoms with Gasteiger partial charge in [-0.15, -0.1) is 23.5 Å². The van der Waals surface area contributed by atoms with Gasteiger partial charge in [0.2, 0.25) is 0 Å². The fraction of sp³-hybridized carbons (Fsp3) is 0.759. The molecule has 2 aliphatic rings. The lowest BCUT2D eigenvalue weighted by Gasteiger charge is -2.43. The summed E-state index contributed by atoms with van der Waals surface area (Å²) < 4.78 is 24.7. The van der Waals surface area contributed by atoms with E-state index in [2.05, 4.69) is 65.9 Å². The number of benzene rings is 1. The van der Waals surface area contributed by atoms with Crippen LogP contribution in [0.2, 0.25) is 18.1 Å². The third kappa shape index (κ3) is 7.64. The van der Waals surface area contributed by atoms with E-state index in [1.807, 2.05) is 23.5 Å². The van der Waals surface area contributed by atoms with E-state index in [0.29, 0.717) is 26.2 Å².